The normalized spacial score (nSPS) is 11.6. The fraction of sp³-hybridized carbons (Fsp3) is 0.222. The molecule has 0 saturated heterocycles. The Balaban J connectivity index is 1.92. The number of allylic oxidation sites excluding steroid dienone is 6. The van der Waals surface area contributed by atoms with Crippen LogP contribution in [0, 0.1) is 0 Å². The standard InChI is InChI=1S/C27H31NO3/c1-5-9-22(18-21(2)3)13-15-27(29)28-17-16-23-12-14-25(30-4)26(19-23)31-20-24-10-7-6-8-11-24/h5-15,18-19H,2,16-17,20H2,1,3-4H3,(H,28,29)/b9-5?,15-13+,22-18+. The minimum absolute atomic E-state index is 0.133. The zero-order valence-electron chi connectivity index (χ0n) is 18.6. The van der Waals surface area contributed by atoms with Crippen molar-refractivity contribution in [1.82, 2.24) is 5.32 Å². The van der Waals surface area contributed by atoms with Crippen molar-refractivity contribution in [3.63, 3.8) is 0 Å². The van der Waals surface area contributed by atoms with E-state index in [0.29, 0.717) is 31.1 Å². The molecule has 0 aliphatic heterocycles. The molecule has 0 aliphatic carbocycles. The summed E-state index contributed by atoms with van der Waals surface area (Å²) < 4.78 is 11.4. The van der Waals surface area contributed by atoms with Crippen molar-refractivity contribution in [3.05, 3.63) is 108 Å². The highest BCUT2D eigenvalue weighted by molar-refractivity contribution is 5.88. The summed E-state index contributed by atoms with van der Waals surface area (Å²) in [6, 6.07) is 15.8. The number of hydrogen-bond donors (Lipinski definition) is 1. The molecule has 0 atom stereocenters. The van der Waals surface area contributed by atoms with Crippen molar-refractivity contribution in [2.45, 2.75) is 26.9 Å². The van der Waals surface area contributed by atoms with Gasteiger partial charge in [-0.2, -0.15) is 0 Å². The van der Waals surface area contributed by atoms with Gasteiger partial charge in [0.25, 0.3) is 0 Å². The molecule has 0 spiro atoms. The Hall–Kier alpha value is -3.53. The largest absolute Gasteiger partial charge is 0.493 e. The maximum Gasteiger partial charge on any atom is 0.244 e. The van der Waals surface area contributed by atoms with Crippen LogP contribution in [0.3, 0.4) is 0 Å². The Labute approximate surface area is 185 Å². The van der Waals surface area contributed by atoms with Gasteiger partial charge >= 0.3 is 0 Å². The highest BCUT2D eigenvalue weighted by Crippen LogP contribution is 2.29. The van der Waals surface area contributed by atoms with E-state index in [1.807, 2.05) is 80.6 Å². The average Bonchev–Trinajstić information content (AvgIpc) is 2.76. The van der Waals surface area contributed by atoms with Gasteiger partial charge in [-0.3, -0.25) is 4.79 Å². The van der Waals surface area contributed by atoms with E-state index in [1.165, 1.54) is 6.08 Å². The van der Waals surface area contributed by atoms with E-state index in [4.69, 9.17) is 9.47 Å². The van der Waals surface area contributed by atoms with Gasteiger partial charge in [0.05, 0.1) is 7.11 Å². The van der Waals surface area contributed by atoms with Crippen molar-refractivity contribution in [3.8, 4) is 11.5 Å². The predicted molar refractivity (Wildman–Crippen MR) is 127 cm³/mol. The van der Waals surface area contributed by atoms with Gasteiger partial charge in [0.2, 0.25) is 5.91 Å². The smallest absolute Gasteiger partial charge is 0.244 e. The third kappa shape index (κ3) is 8.79. The summed E-state index contributed by atoms with van der Waals surface area (Å²) in [5.74, 6) is 1.25. The Kier molecular flexibility index (Phi) is 9.89. The first-order valence-electron chi connectivity index (χ1n) is 10.3. The highest BCUT2D eigenvalue weighted by atomic mass is 16.5. The Morgan fingerprint density at radius 2 is 1.81 bits per heavy atom. The second kappa shape index (κ2) is 12.9. The van der Waals surface area contributed by atoms with Gasteiger partial charge in [-0.25, -0.2) is 0 Å². The number of hydrogen-bond acceptors (Lipinski definition) is 3. The summed E-state index contributed by atoms with van der Waals surface area (Å²) in [7, 11) is 1.63. The second-order valence-electron chi connectivity index (χ2n) is 7.12. The van der Waals surface area contributed by atoms with Gasteiger partial charge in [0, 0.05) is 12.6 Å². The van der Waals surface area contributed by atoms with Crippen molar-refractivity contribution < 1.29 is 14.3 Å². The maximum atomic E-state index is 12.1. The van der Waals surface area contributed by atoms with Gasteiger partial charge < -0.3 is 14.8 Å². The first-order valence-corrected chi connectivity index (χ1v) is 10.3. The van der Waals surface area contributed by atoms with Gasteiger partial charge in [0.1, 0.15) is 6.61 Å². The van der Waals surface area contributed by atoms with E-state index < -0.39 is 0 Å². The van der Waals surface area contributed by atoms with Crippen LogP contribution in [0.1, 0.15) is 25.0 Å². The zero-order chi connectivity index (χ0) is 22.5. The topological polar surface area (TPSA) is 47.6 Å². The van der Waals surface area contributed by atoms with E-state index in [2.05, 4.69) is 11.9 Å². The first-order chi connectivity index (χ1) is 15.0. The van der Waals surface area contributed by atoms with Crippen LogP contribution in [-0.2, 0) is 17.8 Å². The molecule has 0 saturated carbocycles. The second-order valence-corrected chi connectivity index (χ2v) is 7.12. The number of methoxy groups -OCH3 is 1. The lowest BCUT2D eigenvalue weighted by atomic mass is 10.1. The number of carbonyl (C=O) groups excluding carboxylic acids is 1. The molecule has 2 rings (SSSR count). The highest BCUT2D eigenvalue weighted by Gasteiger charge is 2.07. The van der Waals surface area contributed by atoms with E-state index in [9.17, 15) is 4.79 Å². The molecule has 4 heteroatoms. The summed E-state index contributed by atoms with van der Waals surface area (Å²) in [6.45, 7) is 8.72. The third-order valence-corrected chi connectivity index (χ3v) is 4.38. The maximum absolute atomic E-state index is 12.1. The van der Waals surface area contributed by atoms with E-state index in [0.717, 1.165) is 22.3 Å². The van der Waals surface area contributed by atoms with Gasteiger partial charge in [0.15, 0.2) is 11.5 Å². The van der Waals surface area contributed by atoms with Crippen LogP contribution >= 0.6 is 0 Å². The van der Waals surface area contributed by atoms with E-state index in [-0.39, 0.29) is 5.91 Å². The third-order valence-electron chi connectivity index (χ3n) is 4.38. The molecule has 0 fully saturated rings. The molecule has 4 nitrogen and oxygen atoms in total. The van der Waals surface area contributed by atoms with Crippen LogP contribution in [0.5, 0.6) is 11.5 Å². The van der Waals surface area contributed by atoms with Crippen LogP contribution in [0.2, 0.25) is 0 Å². The van der Waals surface area contributed by atoms with Crippen LogP contribution in [0.25, 0.3) is 0 Å². The molecule has 2 aromatic carbocycles. The molecule has 1 amide bonds. The number of rotatable bonds is 11. The molecule has 0 radical (unpaired) electrons. The fourth-order valence-corrected chi connectivity index (χ4v) is 2.91. The molecule has 1 N–H and O–H groups in total. The SMILES string of the molecule is C=C(C)/C=C(C=CC)/C=C/C(=O)NCCc1ccc(OC)c(OCc2ccccc2)c1. The lowest BCUT2D eigenvalue weighted by molar-refractivity contribution is -0.116. The molecule has 0 heterocycles. The molecule has 0 bridgehead atoms. The van der Waals surface area contributed by atoms with Gasteiger partial charge in [-0.1, -0.05) is 66.8 Å². The minimum atomic E-state index is -0.133. The van der Waals surface area contributed by atoms with Crippen molar-refractivity contribution >= 4 is 5.91 Å². The summed E-state index contributed by atoms with van der Waals surface area (Å²) in [5.41, 5.74) is 4.01. The molecule has 31 heavy (non-hydrogen) atoms. The van der Waals surface area contributed by atoms with Crippen LogP contribution < -0.4 is 14.8 Å². The Bertz CT molecular complexity index is 956. The molecular formula is C27H31NO3. The van der Waals surface area contributed by atoms with Crippen molar-refractivity contribution in [1.29, 1.82) is 0 Å². The summed E-state index contributed by atoms with van der Waals surface area (Å²) in [5, 5.41) is 2.92. The molecule has 0 aromatic heterocycles. The summed E-state index contributed by atoms with van der Waals surface area (Å²) in [6.07, 6.45) is 9.81. The quantitative estimate of drug-likeness (QED) is 0.384. The average molecular weight is 418 g/mol. The fourth-order valence-electron chi connectivity index (χ4n) is 2.91. The first kappa shape index (κ1) is 23.7. The van der Waals surface area contributed by atoms with Crippen LogP contribution in [-0.4, -0.2) is 19.6 Å². The predicted octanol–water partition coefficient (Wildman–Crippen LogP) is 5.57. The Morgan fingerprint density at radius 1 is 1.03 bits per heavy atom. The van der Waals surface area contributed by atoms with E-state index >= 15 is 0 Å². The summed E-state index contributed by atoms with van der Waals surface area (Å²) >= 11 is 0. The molecule has 2 aromatic rings. The summed E-state index contributed by atoms with van der Waals surface area (Å²) in [4.78, 5) is 12.1. The van der Waals surface area contributed by atoms with E-state index in [1.54, 1.807) is 13.2 Å². The van der Waals surface area contributed by atoms with Crippen LogP contribution in [0.4, 0.5) is 0 Å². The van der Waals surface area contributed by atoms with Gasteiger partial charge in [-0.05, 0) is 55.2 Å². The number of benzene rings is 2. The minimum Gasteiger partial charge on any atom is -0.493 e. The van der Waals surface area contributed by atoms with Crippen molar-refractivity contribution in [2.24, 2.45) is 0 Å². The molecule has 0 unspecified atom stereocenters. The zero-order valence-corrected chi connectivity index (χ0v) is 18.6. The number of nitrogens with one attached hydrogen (secondary N) is 1. The molecular weight excluding hydrogens is 386 g/mol. The number of amides is 1. The Morgan fingerprint density at radius 3 is 2.48 bits per heavy atom. The lowest BCUT2D eigenvalue weighted by Crippen LogP contribution is -2.23. The van der Waals surface area contributed by atoms with Gasteiger partial charge in [-0.15, -0.1) is 0 Å². The van der Waals surface area contributed by atoms with Crippen LogP contribution in [0.15, 0.2) is 96.6 Å². The molecule has 0 aliphatic rings. The monoisotopic (exact) mass is 417 g/mol. The lowest BCUT2D eigenvalue weighted by Gasteiger charge is -2.12. The van der Waals surface area contributed by atoms with Crippen molar-refractivity contribution in [2.75, 3.05) is 13.7 Å². The number of ether oxygens (including phenoxy) is 2. The number of carbonyl (C=O) groups is 1. The molecule has 162 valence electrons.